The highest BCUT2D eigenvalue weighted by Crippen LogP contribution is 2.15. The third-order valence-electron chi connectivity index (χ3n) is 4.09. The van der Waals surface area contributed by atoms with Crippen molar-refractivity contribution in [3.63, 3.8) is 0 Å². The van der Waals surface area contributed by atoms with Crippen LogP contribution in [0.3, 0.4) is 0 Å². The second-order valence-electron chi connectivity index (χ2n) is 5.89. The summed E-state index contributed by atoms with van der Waals surface area (Å²) in [5, 5.41) is 15.7. The summed E-state index contributed by atoms with van der Waals surface area (Å²) in [6.07, 6.45) is 4.58. The minimum absolute atomic E-state index is 0.0222. The van der Waals surface area contributed by atoms with Crippen molar-refractivity contribution in [3.05, 3.63) is 35.9 Å². The number of benzene rings is 1. The third-order valence-corrected chi connectivity index (χ3v) is 4.09. The molecule has 1 aliphatic rings. The largest absolute Gasteiger partial charge is 0.394 e. The van der Waals surface area contributed by atoms with Crippen LogP contribution in [-0.2, 0) is 11.2 Å². The smallest absolute Gasteiger partial charge is 0.220 e. The Morgan fingerprint density at radius 2 is 2.19 bits per heavy atom. The van der Waals surface area contributed by atoms with E-state index >= 15 is 0 Å². The first-order valence-electron chi connectivity index (χ1n) is 7.93. The fraction of sp³-hybridized carbons (Fsp3) is 0.588. The topological polar surface area (TPSA) is 61.4 Å². The summed E-state index contributed by atoms with van der Waals surface area (Å²) in [4.78, 5) is 12.0. The SMILES string of the molecule is O=C(CCC1CCCNC1)N[C@@H](CO)Cc1ccccc1. The number of carbonyl (C=O) groups excluding carboxylic acids is 1. The molecular formula is C17H26N2O2. The lowest BCUT2D eigenvalue weighted by Gasteiger charge is -2.23. The number of carbonyl (C=O) groups is 1. The molecule has 0 bridgehead atoms. The number of rotatable bonds is 7. The molecule has 4 nitrogen and oxygen atoms in total. The van der Waals surface area contributed by atoms with E-state index in [1.54, 1.807) is 0 Å². The van der Waals surface area contributed by atoms with Crippen LogP contribution in [0.2, 0.25) is 0 Å². The van der Waals surface area contributed by atoms with Gasteiger partial charge >= 0.3 is 0 Å². The number of amides is 1. The quantitative estimate of drug-likeness (QED) is 0.713. The summed E-state index contributed by atoms with van der Waals surface area (Å²) in [6.45, 7) is 2.11. The lowest BCUT2D eigenvalue weighted by Crippen LogP contribution is -2.39. The zero-order valence-corrected chi connectivity index (χ0v) is 12.6. The molecule has 0 saturated carbocycles. The first kappa shape index (κ1) is 16.0. The summed E-state index contributed by atoms with van der Waals surface area (Å²) >= 11 is 0. The molecule has 3 N–H and O–H groups in total. The second-order valence-corrected chi connectivity index (χ2v) is 5.89. The van der Waals surface area contributed by atoms with Crippen LogP contribution in [0.5, 0.6) is 0 Å². The highest BCUT2D eigenvalue weighted by molar-refractivity contribution is 5.76. The molecule has 1 aromatic carbocycles. The molecule has 0 radical (unpaired) electrons. The normalized spacial score (nSPS) is 20.0. The van der Waals surface area contributed by atoms with E-state index in [-0.39, 0.29) is 18.6 Å². The Kier molecular flexibility index (Phi) is 6.70. The number of hydrogen-bond donors (Lipinski definition) is 3. The highest BCUT2D eigenvalue weighted by Gasteiger charge is 2.16. The summed E-state index contributed by atoms with van der Waals surface area (Å²) in [6, 6.07) is 9.76. The van der Waals surface area contributed by atoms with Gasteiger partial charge in [0.25, 0.3) is 0 Å². The maximum Gasteiger partial charge on any atom is 0.220 e. The number of aliphatic hydroxyl groups excluding tert-OH is 1. The van der Waals surface area contributed by atoms with Crippen LogP contribution >= 0.6 is 0 Å². The number of nitrogens with one attached hydrogen (secondary N) is 2. The first-order chi connectivity index (χ1) is 10.3. The first-order valence-corrected chi connectivity index (χ1v) is 7.93. The molecule has 0 spiro atoms. The van der Waals surface area contributed by atoms with E-state index in [9.17, 15) is 9.90 Å². The van der Waals surface area contributed by atoms with Gasteiger partial charge in [0.15, 0.2) is 0 Å². The number of hydrogen-bond acceptors (Lipinski definition) is 3. The molecule has 2 rings (SSSR count). The molecule has 1 aliphatic heterocycles. The van der Waals surface area contributed by atoms with E-state index in [4.69, 9.17) is 0 Å². The average Bonchev–Trinajstić information content (AvgIpc) is 2.54. The van der Waals surface area contributed by atoms with Gasteiger partial charge in [-0.3, -0.25) is 4.79 Å². The van der Waals surface area contributed by atoms with Gasteiger partial charge in [0.1, 0.15) is 0 Å². The van der Waals surface area contributed by atoms with E-state index in [0.29, 0.717) is 18.8 Å². The van der Waals surface area contributed by atoms with Crippen molar-refractivity contribution in [1.29, 1.82) is 0 Å². The lowest BCUT2D eigenvalue weighted by atomic mass is 9.94. The van der Waals surface area contributed by atoms with Crippen LogP contribution in [0.4, 0.5) is 0 Å². The molecule has 1 saturated heterocycles. The van der Waals surface area contributed by atoms with Crippen molar-refractivity contribution in [2.24, 2.45) is 5.92 Å². The van der Waals surface area contributed by atoms with Crippen LogP contribution in [0.1, 0.15) is 31.2 Å². The maximum atomic E-state index is 12.0. The van der Waals surface area contributed by atoms with Crippen LogP contribution in [0.15, 0.2) is 30.3 Å². The van der Waals surface area contributed by atoms with Crippen LogP contribution in [0, 0.1) is 5.92 Å². The zero-order valence-electron chi connectivity index (χ0n) is 12.6. The summed E-state index contributed by atoms with van der Waals surface area (Å²) in [5.41, 5.74) is 1.13. The van der Waals surface area contributed by atoms with E-state index in [1.807, 2.05) is 30.3 Å². The van der Waals surface area contributed by atoms with Gasteiger partial charge < -0.3 is 15.7 Å². The maximum absolute atomic E-state index is 12.0. The molecule has 116 valence electrons. The van der Waals surface area contributed by atoms with Crippen molar-refractivity contribution < 1.29 is 9.90 Å². The van der Waals surface area contributed by atoms with Gasteiger partial charge in [0.05, 0.1) is 12.6 Å². The van der Waals surface area contributed by atoms with Crippen molar-refractivity contribution in [1.82, 2.24) is 10.6 Å². The lowest BCUT2D eigenvalue weighted by molar-refractivity contribution is -0.122. The predicted octanol–water partition coefficient (Wildman–Crippen LogP) is 1.49. The predicted molar refractivity (Wildman–Crippen MR) is 84.0 cm³/mol. The standard InChI is InChI=1S/C17H26N2O2/c20-13-16(11-14-5-2-1-3-6-14)19-17(21)9-8-15-7-4-10-18-12-15/h1-3,5-6,15-16,18,20H,4,7-13H2,(H,19,21)/t15?,16-/m1/s1. The van der Waals surface area contributed by atoms with Gasteiger partial charge in [-0.2, -0.15) is 0 Å². The molecule has 21 heavy (non-hydrogen) atoms. The van der Waals surface area contributed by atoms with E-state index in [1.165, 1.54) is 12.8 Å². The monoisotopic (exact) mass is 290 g/mol. The highest BCUT2D eigenvalue weighted by atomic mass is 16.3. The van der Waals surface area contributed by atoms with Crippen molar-refractivity contribution in [3.8, 4) is 0 Å². The van der Waals surface area contributed by atoms with Crippen molar-refractivity contribution in [2.75, 3.05) is 19.7 Å². The summed E-state index contributed by atoms with van der Waals surface area (Å²) in [7, 11) is 0. The molecule has 4 heteroatoms. The van der Waals surface area contributed by atoms with Gasteiger partial charge in [0, 0.05) is 6.42 Å². The molecule has 2 atom stereocenters. The molecule has 1 aromatic rings. The van der Waals surface area contributed by atoms with Crippen molar-refractivity contribution >= 4 is 5.91 Å². The number of piperidine rings is 1. The molecule has 1 amide bonds. The van der Waals surface area contributed by atoms with Gasteiger partial charge in [0.2, 0.25) is 5.91 Å². The van der Waals surface area contributed by atoms with Crippen LogP contribution < -0.4 is 10.6 Å². The Hall–Kier alpha value is -1.39. The van der Waals surface area contributed by atoms with Gasteiger partial charge in [-0.05, 0) is 50.3 Å². The third kappa shape index (κ3) is 5.86. The zero-order chi connectivity index (χ0) is 14.9. The summed E-state index contributed by atoms with van der Waals surface area (Å²) < 4.78 is 0. The molecule has 1 fully saturated rings. The molecule has 1 unspecified atom stereocenters. The fourth-order valence-corrected chi connectivity index (χ4v) is 2.87. The molecular weight excluding hydrogens is 264 g/mol. The van der Waals surface area contributed by atoms with E-state index in [0.717, 1.165) is 25.1 Å². The van der Waals surface area contributed by atoms with Crippen LogP contribution in [-0.4, -0.2) is 36.8 Å². The van der Waals surface area contributed by atoms with Crippen LogP contribution in [0.25, 0.3) is 0 Å². The average molecular weight is 290 g/mol. The van der Waals surface area contributed by atoms with Gasteiger partial charge in [-0.25, -0.2) is 0 Å². The second kappa shape index (κ2) is 8.80. The minimum Gasteiger partial charge on any atom is -0.394 e. The van der Waals surface area contributed by atoms with E-state index in [2.05, 4.69) is 10.6 Å². The molecule has 1 heterocycles. The molecule has 0 aliphatic carbocycles. The Balaban J connectivity index is 1.71. The van der Waals surface area contributed by atoms with E-state index < -0.39 is 0 Å². The summed E-state index contributed by atoms with van der Waals surface area (Å²) in [5.74, 6) is 0.668. The fourth-order valence-electron chi connectivity index (χ4n) is 2.87. The Morgan fingerprint density at radius 1 is 1.38 bits per heavy atom. The minimum atomic E-state index is -0.190. The van der Waals surface area contributed by atoms with Crippen molar-refractivity contribution in [2.45, 2.75) is 38.1 Å². The Labute approximate surface area is 126 Å². The Bertz CT molecular complexity index is 416. The van der Waals surface area contributed by atoms with Gasteiger partial charge in [-0.1, -0.05) is 30.3 Å². The Morgan fingerprint density at radius 3 is 2.86 bits per heavy atom. The number of aliphatic hydroxyl groups is 1. The van der Waals surface area contributed by atoms with Gasteiger partial charge in [-0.15, -0.1) is 0 Å². The molecule has 0 aromatic heterocycles.